The summed E-state index contributed by atoms with van der Waals surface area (Å²) in [7, 11) is 0. The Morgan fingerprint density at radius 3 is 2.59 bits per heavy atom. The van der Waals surface area contributed by atoms with Crippen molar-refractivity contribution >= 4 is 27.3 Å². The number of halogens is 1. The van der Waals surface area contributed by atoms with Gasteiger partial charge in [-0.3, -0.25) is 0 Å². The lowest BCUT2D eigenvalue weighted by atomic mass is 10.1. The fourth-order valence-corrected chi connectivity index (χ4v) is 2.96. The monoisotopic (exact) mass is 304 g/mol. The van der Waals surface area contributed by atoms with Crippen LogP contribution in [-0.2, 0) is 5.41 Å². The molecule has 1 heterocycles. The van der Waals surface area contributed by atoms with Gasteiger partial charge in [0, 0.05) is 15.4 Å². The first kappa shape index (κ1) is 10.9. The number of benzene rings is 1. The zero-order valence-electron chi connectivity index (χ0n) is 8.98. The summed E-state index contributed by atoms with van der Waals surface area (Å²) < 4.78 is 1.06. The first-order chi connectivity index (χ1) is 8.23. The van der Waals surface area contributed by atoms with Gasteiger partial charge in [0.2, 0.25) is 0 Å². The minimum Gasteiger partial charge on any atom is -0.239 e. The molecule has 17 heavy (non-hydrogen) atoms. The number of nitrogens with zero attached hydrogens (tertiary/aromatic N) is 2. The SMILES string of the molecule is N#CC1(c2csc(-c3ccc(Br)cc3)n2)CC1. The molecule has 3 rings (SSSR count). The minimum atomic E-state index is -0.274. The second-order valence-corrected chi connectivity index (χ2v) is 6.01. The van der Waals surface area contributed by atoms with Gasteiger partial charge < -0.3 is 0 Å². The number of aromatic nitrogens is 1. The van der Waals surface area contributed by atoms with Gasteiger partial charge in [0.1, 0.15) is 10.4 Å². The molecule has 0 N–H and O–H groups in total. The number of hydrogen-bond acceptors (Lipinski definition) is 3. The van der Waals surface area contributed by atoms with Crippen molar-refractivity contribution in [1.82, 2.24) is 4.98 Å². The smallest absolute Gasteiger partial charge is 0.123 e. The molecule has 84 valence electrons. The van der Waals surface area contributed by atoms with E-state index in [1.165, 1.54) is 0 Å². The summed E-state index contributed by atoms with van der Waals surface area (Å²) in [6, 6.07) is 10.5. The zero-order valence-corrected chi connectivity index (χ0v) is 11.4. The standard InChI is InChI=1S/C13H9BrN2S/c14-10-3-1-9(2-4-10)12-16-11(7-17-12)13(8-15)5-6-13/h1-4,7H,5-6H2. The molecule has 0 bridgehead atoms. The molecule has 4 heteroatoms. The van der Waals surface area contributed by atoms with Crippen molar-refractivity contribution in [3.05, 3.63) is 39.8 Å². The minimum absolute atomic E-state index is 0.274. The Morgan fingerprint density at radius 1 is 1.29 bits per heavy atom. The third-order valence-corrected chi connectivity index (χ3v) is 4.47. The highest BCUT2D eigenvalue weighted by Crippen LogP contribution is 2.48. The van der Waals surface area contributed by atoms with Gasteiger partial charge in [-0.2, -0.15) is 5.26 Å². The van der Waals surface area contributed by atoms with Crippen LogP contribution in [0.25, 0.3) is 10.6 Å². The highest BCUT2D eigenvalue weighted by Gasteiger charge is 2.46. The first-order valence-electron chi connectivity index (χ1n) is 5.37. The average molecular weight is 305 g/mol. The van der Waals surface area contributed by atoms with E-state index in [4.69, 9.17) is 5.26 Å². The Balaban J connectivity index is 1.96. The van der Waals surface area contributed by atoms with Crippen molar-refractivity contribution in [2.75, 3.05) is 0 Å². The van der Waals surface area contributed by atoms with Gasteiger partial charge in [0.25, 0.3) is 0 Å². The van der Waals surface area contributed by atoms with Crippen molar-refractivity contribution in [3.8, 4) is 16.6 Å². The van der Waals surface area contributed by atoms with Crippen molar-refractivity contribution in [1.29, 1.82) is 5.26 Å². The largest absolute Gasteiger partial charge is 0.239 e. The van der Waals surface area contributed by atoms with Gasteiger partial charge in [0.15, 0.2) is 0 Å². The van der Waals surface area contributed by atoms with Gasteiger partial charge >= 0.3 is 0 Å². The van der Waals surface area contributed by atoms with Crippen LogP contribution >= 0.6 is 27.3 Å². The van der Waals surface area contributed by atoms with Crippen molar-refractivity contribution in [3.63, 3.8) is 0 Å². The molecule has 1 fully saturated rings. The zero-order chi connectivity index (χ0) is 11.9. The molecular weight excluding hydrogens is 296 g/mol. The molecule has 2 aromatic rings. The molecule has 1 saturated carbocycles. The predicted octanol–water partition coefficient (Wildman–Crippen LogP) is 4.13. The summed E-state index contributed by atoms with van der Waals surface area (Å²) in [5.41, 5.74) is 1.78. The van der Waals surface area contributed by atoms with E-state index in [1.807, 2.05) is 29.6 Å². The maximum absolute atomic E-state index is 9.13. The topological polar surface area (TPSA) is 36.7 Å². The summed E-state index contributed by atoms with van der Waals surface area (Å²) in [5.74, 6) is 0. The Labute approximate surface area is 112 Å². The van der Waals surface area contributed by atoms with Crippen LogP contribution in [0.1, 0.15) is 18.5 Å². The predicted molar refractivity (Wildman–Crippen MR) is 71.8 cm³/mol. The van der Waals surface area contributed by atoms with Crippen molar-refractivity contribution in [2.24, 2.45) is 0 Å². The normalized spacial score (nSPS) is 16.5. The van der Waals surface area contributed by atoms with Gasteiger partial charge in [-0.1, -0.05) is 28.1 Å². The Kier molecular flexibility index (Phi) is 2.53. The van der Waals surface area contributed by atoms with E-state index in [1.54, 1.807) is 11.3 Å². The molecule has 1 aliphatic rings. The molecule has 2 nitrogen and oxygen atoms in total. The molecule has 0 amide bonds. The number of rotatable bonds is 2. The highest BCUT2D eigenvalue weighted by atomic mass is 79.9. The Morgan fingerprint density at radius 2 is 2.00 bits per heavy atom. The number of hydrogen-bond donors (Lipinski definition) is 0. The molecule has 0 radical (unpaired) electrons. The fraction of sp³-hybridized carbons (Fsp3) is 0.231. The molecule has 0 aliphatic heterocycles. The van der Waals surface area contributed by atoms with Gasteiger partial charge in [-0.15, -0.1) is 11.3 Å². The van der Waals surface area contributed by atoms with Crippen LogP contribution in [0.4, 0.5) is 0 Å². The molecule has 1 aromatic carbocycles. The van der Waals surface area contributed by atoms with Gasteiger partial charge in [-0.05, 0) is 25.0 Å². The van der Waals surface area contributed by atoms with Crippen LogP contribution in [0.5, 0.6) is 0 Å². The van der Waals surface area contributed by atoms with E-state index >= 15 is 0 Å². The molecule has 0 spiro atoms. The van der Waals surface area contributed by atoms with E-state index in [-0.39, 0.29) is 5.41 Å². The molecule has 0 atom stereocenters. The van der Waals surface area contributed by atoms with Crippen LogP contribution in [0, 0.1) is 11.3 Å². The van der Waals surface area contributed by atoms with E-state index in [9.17, 15) is 0 Å². The van der Waals surface area contributed by atoms with E-state index in [2.05, 4.69) is 27.0 Å². The summed E-state index contributed by atoms with van der Waals surface area (Å²) in [6.45, 7) is 0. The number of nitriles is 1. The summed E-state index contributed by atoms with van der Waals surface area (Å²) in [4.78, 5) is 4.60. The number of thiazole rings is 1. The van der Waals surface area contributed by atoms with E-state index in [0.717, 1.165) is 33.6 Å². The van der Waals surface area contributed by atoms with E-state index in [0.29, 0.717) is 0 Å². The second kappa shape index (κ2) is 3.94. The summed E-state index contributed by atoms with van der Waals surface area (Å²) in [5, 5.41) is 12.2. The molecule has 0 saturated heterocycles. The maximum atomic E-state index is 9.13. The van der Waals surface area contributed by atoms with Gasteiger partial charge in [0.05, 0.1) is 11.8 Å². The van der Waals surface area contributed by atoms with Crippen molar-refractivity contribution < 1.29 is 0 Å². The molecule has 1 aliphatic carbocycles. The lowest BCUT2D eigenvalue weighted by molar-refractivity contribution is 0.868. The average Bonchev–Trinajstić information content (AvgIpc) is 3.00. The fourth-order valence-electron chi connectivity index (χ4n) is 1.77. The Hall–Kier alpha value is -1.18. The second-order valence-electron chi connectivity index (χ2n) is 4.24. The van der Waals surface area contributed by atoms with Crippen molar-refractivity contribution in [2.45, 2.75) is 18.3 Å². The van der Waals surface area contributed by atoms with Crippen LogP contribution in [-0.4, -0.2) is 4.98 Å². The van der Waals surface area contributed by atoms with Crippen LogP contribution < -0.4 is 0 Å². The molecular formula is C13H9BrN2S. The van der Waals surface area contributed by atoms with Crippen LogP contribution in [0.15, 0.2) is 34.1 Å². The lowest BCUT2D eigenvalue weighted by Crippen LogP contribution is -2.02. The van der Waals surface area contributed by atoms with Crippen LogP contribution in [0.2, 0.25) is 0 Å². The molecule has 1 aromatic heterocycles. The third kappa shape index (κ3) is 1.90. The lowest BCUT2D eigenvalue weighted by Gasteiger charge is -1.99. The quantitative estimate of drug-likeness (QED) is 0.836. The summed E-state index contributed by atoms with van der Waals surface area (Å²) >= 11 is 5.03. The third-order valence-electron chi connectivity index (χ3n) is 3.05. The van der Waals surface area contributed by atoms with Crippen LogP contribution in [0.3, 0.4) is 0 Å². The Bertz CT molecular complexity index is 591. The summed E-state index contributed by atoms with van der Waals surface area (Å²) in [6.07, 6.45) is 1.90. The maximum Gasteiger partial charge on any atom is 0.123 e. The molecule has 0 unspecified atom stereocenters. The first-order valence-corrected chi connectivity index (χ1v) is 7.04. The van der Waals surface area contributed by atoms with Gasteiger partial charge in [-0.25, -0.2) is 4.98 Å². The van der Waals surface area contributed by atoms with E-state index < -0.39 is 0 Å². The highest BCUT2D eigenvalue weighted by molar-refractivity contribution is 9.10.